The van der Waals surface area contributed by atoms with E-state index in [1.54, 1.807) is 24.5 Å². The summed E-state index contributed by atoms with van der Waals surface area (Å²) in [6.45, 7) is 0.484. The van der Waals surface area contributed by atoms with Crippen molar-refractivity contribution in [3.8, 4) is 0 Å². The fourth-order valence-electron chi connectivity index (χ4n) is 4.21. The van der Waals surface area contributed by atoms with Crippen molar-refractivity contribution < 1.29 is 18.3 Å². The maximum atomic E-state index is 12.7. The number of hydrogen-bond acceptors (Lipinski definition) is 8. The van der Waals surface area contributed by atoms with Crippen molar-refractivity contribution in [1.82, 2.24) is 24.2 Å². The van der Waals surface area contributed by atoms with Crippen LogP contribution < -0.4 is 10.0 Å². The maximum Gasteiger partial charge on any atom is 0.240 e. The number of rotatable bonds is 10. The Kier molecular flexibility index (Phi) is 7.23. The summed E-state index contributed by atoms with van der Waals surface area (Å²) in [6.07, 6.45) is 3.35. The molecule has 0 aliphatic carbocycles. The molecule has 0 saturated carbocycles. The van der Waals surface area contributed by atoms with E-state index in [0.29, 0.717) is 35.8 Å². The smallest absolute Gasteiger partial charge is 0.240 e. The summed E-state index contributed by atoms with van der Waals surface area (Å²) in [4.78, 5) is 13.9. The van der Waals surface area contributed by atoms with Gasteiger partial charge in [0.1, 0.15) is 12.1 Å². The topological polar surface area (TPSA) is 131 Å². The number of ether oxygens (including phenoxy) is 1. The van der Waals surface area contributed by atoms with Gasteiger partial charge in [0.25, 0.3) is 0 Å². The first-order valence-electron chi connectivity index (χ1n) is 11.9. The summed E-state index contributed by atoms with van der Waals surface area (Å²) in [5.41, 5.74) is 2.31. The van der Waals surface area contributed by atoms with Crippen molar-refractivity contribution in [3.63, 3.8) is 0 Å². The van der Waals surface area contributed by atoms with Crippen molar-refractivity contribution in [2.24, 2.45) is 0 Å². The van der Waals surface area contributed by atoms with E-state index in [1.165, 1.54) is 17.7 Å². The molecular weight excluding hydrogens is 480 g/mol. The van der Waals surface area contributed by atoms with E-state index in [0.717, 1.165) is 12.8 Å². The van der Waals surface area contributed by atoms with Gasteiger partial charge in [0.15, 0.2) is 17.0 Å². The van der Waals surface area contributed by atoms with Gasteiger partial charge < -0.3 is 15.2 Å². The molecule has 3 heterocycles. The van der Waals surface area contributed by atoms with Crippen LogP contribution in [0.1, 0.15) is 30.5 Å². The molecule has 0 spiro atoms. The van der Waals surface area contributed by atoms with Crippen LogP contribution in [0.3, 0.4) is 0 Å². The third-order valence-electron chi connectivity index (χ3n) is 6.09. The SMILES string of the molecule is O=S(=O)(NCc1nc(NCCc2ccccc2)c2ncn(C3CCC(CO)O3)c2n1)c1ccccc1. The number of nitrogens with one attached hydrogen (secondary N) is 2. The Bertz CT molecular complexity index is 1410. The average Bonchev–Trinajstić information content (AvgIpc) is 3.56. The van der Waals surface area contributed by atoms with Crippen LogP contribution >= 0.6 is 0 Å². The monoisotopic (exact) mass is 508 g/mol. The van der Waals surface area contributed by atoms with Gasteiger partial charge >= 0.3 is 0 Å². The molecule has 5 rings (SSSR count). The zero-order valence-corrected chi connectivity index (χ0v) is 20.4. The molecule has 1 saturated heterocycles. The number of aliphatic hydroxyl groups excluding tert-OH is 1. The Labute approximate surface area is 209 Å². The minimum atomic E-state index is -3.73. The van der Waals surface area contributed by atoms with Gasteiger partial charge in [-0.2, -0.15) is 0 Å². The van der Waals surface area contributed by atoms with E-state index in [4.69, 9.17) is 4.74 Å². The van der Waals surface area contributed by atoms with Gasteiger partial charge in [-0.05, 0) is 37.0 Å². The molecule has 2 aromatic heterocycles. The molecule has 0 radical (unpaired) electrons. The predicted octanol–water partition coefficient (Wildman–Crippen LogP) is 2.63. The summed E-state index contributed by atoms with van der Waals surface area (Å²) < 4.78 is 35.8. The van der Waals surface area contributed by atoms with Crippen molar-refractivity contribution in [2.45, 2.75) is 43.0 Å². The summed E-state index contributed by atoms with van der Waals surface area (Å²) in [5.74, 6) is 0.836. The third-order valence-corrected chi connectivity index (χ3v) is 7.51. The number of sulfonamides is 1. The number of aromatic nitrogens is 4. The minimum absolute atomic E-state index is 0.0447. The lowest BCUT2D eigenvalue weighted by atomic mass is 10.1. The van der Waals surface area contributed by atoms with Crippen LogP contribution in [0.15, 0.2) is 71.9 Å². The minimum Gasteiger partial charge on any atom is -0.394 e. The van der Waals surface area contributed by atoms with E-state index < -0.39 is 10.0 Å². The first-order chi connectivity index (χ1) is 17.5. The molecule has 188 valence electrons. The van der Waals surface area contributed by atoms with Crippen LogP contribution in [0.5, 0.6) is 0 Å². The molecule has 0 amide bonds. The van der Waals surface area contributed by atoms with Crippen molar-refractivity contribution >= 4 is 27.0 Å². The highest BCUT2D eigenvalue weighted by Gasteiger charge is 2.28. The number of benzene rings is 2. The molecule has 3 N–H and O–H groups in total. The van der Waals surface area contributed by atoms with E-state index >= 15 is 0 Å². The molecule has 2 unspecified atom stereocenters. The van der Waals surface area contributed by atoms with Crippen LogP contribution in [0.2, 0.25) is 0 Å². The van der Waals surface area contributed by atoms with Crippen LogP contribution in [-0.2, 0) is 27.7 Å². The largest absolute Gasteiger partial charge is 0.394 e. The fourth-order valence-corrected chi connectivity index (χ4v) is 5.21. The van der Waals surface area contributed by atoms with Crippen molar-refractivity contribution in [1.29, 1.82) is 0 Å². The Hall–Kier alpha value is -3.38. The highest BCUT2D eigenvalue weighted by Crippen LogP contribution is 2.31. The number of nitrogens with zero attached hydrogens (tertiary/aromatic N) is 4. The van der Waals surface area contributed by atoms with Gasteiger partial charge in [-0.25, -0.2) is 28.1 Å². The molecule has 4 aromatic rings. The normalized spacial score (nSPS) is 18.0. The molecule has 2 aromatic carbocycles. The summed E-state index contributed by atoms with van der Waals surface area (Å²) >= 11 is 0. The molecule has 1 aliphatic heterocycles. The standard InChI is InChI=1S/C25H28N6O4S/c32-16-19-11-12-22(35-19)31-17-27-23-24(26-14-13-18-7-3-1-4-8-18)29-21(30-25(23)31)15-28-36(33,34)20-9-5-2-6-10-20/h1-10,17,19,22,28,32H,11-16H2,(H,26,29,30). The lowest BCUT2D eigenvalue weighted by molar-refractivity contribution is -0.0207. The van der Waals surface area contributed by atoms with Crippen LogP contribution in [0.4, 0.5) is 5.82 Å². The highest BCUT2D eigenvalue weighted by atomic mass is 32.2. The molecule has 36 heavy (non-hydrogen) atoms. The van der Waals surface area contributed by atoms with Gasteiger partial charge in [0.2, 0.25) is 10.0 Å². The summed E-state index contributed by atoms with van der Waals surface area (Å²) in [6, 6.07) is 18.3. The Balaban J connectivity index is 1.42. The summed E-state index contributed by atoms with van der Waals surface area (Å²) in [5, 5.41) is 12.8. The number of fused-ring (bicyclic) bond motifs is 1. The van der Waals surface area contributed by atoms with Crippen LogP contribution in [0, 0.1) is 0 Å². The van der Waals surface area contributed by atoms with E-state index in [9.17, 15) is 13.5 Å². The zero-order valence-electron chi connectivity index (χ0n) is 19.6. The molecule has 10 nitrogen and oxygen atoms in total. The van der Waals surface area contributed by atoms with E-state index in [2.05, 4.69) is 37.1 Å². The predicted molar refractivity (Wildman–Crippen MR) is 135 cm³/mol. The highest BCUT2D eigenvalue weighted by molar-refractivity contribution is 7.89. The van der Waals surface area contributed by atoms with Crippen molar-refractivity contribution in [3.05, 3.63) is 78.4 Å². The lowest BCUT2D eigenvalue weighted by Crippen LogP contribution is -2.24. The molecule has 2 atom stereocenters. The Morgan fingerprint density at radius 1 is 1.03 bits per heavy atom. The first kappa shape index (κ1) is 24.3. The third kappa shape index (κ3) is 5.39. The maximum absolute atomic E-state index is 12.7. The van der Waals surface area contributed by atoms with Gasteiger partial charge in [-0.1, -0.05) is 48.5 Å². The molecule has 0 bridgehead atoms. The van der Waals surface area contributed by atoms with Gasteiger partial charge in [-0.3, -0.25) is 4.57 Å². The second kappa shape index (κ2) is 10.7. The fraction of sp³-hybridized carbons (Fsp3) is 0.320. The van der Waals surface area contributed by atoms with Crippen molar-refractivity contribution in [2.75, 3.05) is 18.5 Å². The quantitative estimate of drug-likeness (QED) is 0.298. The molecule has 11 heteroatoms. The number of aliphatic hydroxyl groups is 1. The van der Waals surface area contributed by atoms with Crippen LogP contribution in [-0.4, -0.2) is 52.3 Å². The second-order valence-corrected chi connectivity index (χ2v) is 10.4. The Morgan fingerprint density at radius 2 is 1.78 bits per heavy atom. The van der Waals surface area contributed by atoms with Gasteiger partial charge in [0.05, 0.1) is 30.5 Å². The molecule has 1 fully saturated rings. The van der Waals surface area contributed by atoms with E-state index in [1.807, 2.05) is 22.8 Å². The molecule has 1 aliphatic rings. The average molecular weight is 509 g/mol. The summed E-state index contributed by atoms with van der Waals surface area (Å²) in [7, 11) is -3.73. The molecular formula is C25H28N6O4S. The zero-order chi connectivity index (χ0) is 25.0. The Morgan fingerprint density at radius 3 is 2.50 bits per heavy atom. The van der Waals surface area contributed by atoms with Crippen LogP contribution in [0.25, 0.3) is 11.2 Å². The number of hydrogen-bond donors (Lipinski definition) is 3. The van der Waals surface area contributed by atoms with Gasteiger partial charge in [-0.15, -0.1) is 0 Å². The number of imidazole rings is 1. The van der Waals surface area contributed by atoms with Gasteiger partial charge in [0, 0.05) is 6.54 Å². The van der Waals surface area contributed by atoms with E-state index in [-0.39, 0.29) is 30.4 Å². The number of anilines is 1. The lowest BCUT2D eigenvalue weighted by Gasteiger charge is -2.15. The first-order valence-corrected chi connectivity index (χ1v) is 13.3. The second-order valence-electron chi connectivity index (χ2n) is 8.59.